The van der Waals surface area contributed by atoms with Crippen molar-refractivity contribution in [3.63, 3.8) is 0 Å². The topological polar surface area (TPSA) is 88.6 Å². The van der Waals surface area contributed by atoms with Crippen LogP contribution < -0.4 is 5.32 Å². The third-order valence-corrected chi connectivity index (χ3v) is 6.97. The van der Waals surface area contributed by atoms with Crippen LogP contribution in [0.1, 0.15) is 12.0 Å². The highest BCUT2D eigenvalue weighted by Crippen LogP contribution is 2.19. The van der Waals surface area contributed by atoms with Gasteiger partial charge in [0.1, 0.15) is 0 Å². The van der Waals surface area contributed by atoms with E-state index in [4.69, 9.17) is 4.74 Å². The zero-order valence-electron chi connectivity index (χ0n) is 15.6. The van der Waals surface area contributed by atoms with Crippen LogP contribution in [0, 0.1) is 0 Å². The van der Waals surface area contributed by atoms with E-state index in [1.807, 2.05) is 18.4 Å². The van der Waals surface area contributed by atoms with E-state index >= 15 is 0 Å². The van der Waals surface area contributed by atoms with Gasteiger partial charge >= 0.3 is 0 Å². The molecule has 0 atom stereocenters. The summed E-state index contributed by atoms with van der Waals surface area (Å²) in [6.07, 6.45) is 4.41. The molecule has 1 N–H and O–H groups in total. The highest BCUT2D eigenvalue weighted by Gasteiger charge is 2.26. The average Bonchev–Trinajstić information content (AvgIpc) is 2.74. The summed E-state index contributed by atoms with van der Waals surface area (Å²) in [4.78, 5) is 16.6. The number of hydrogen-bond donors (Lipinski definition) is 1. The van der Waals surface area contributed by atoms with Gasteiger partial charge in [0.25, 0.3) is 0 Å². The minimum Gasteiger partial charge on any atom is -0.379 e. The van der Waals surface area contributed by atoms with E-state index in [1.165, 1.54) is 16.1 Å². The van der Waals surface area contributed by atoms with Gasteiger partial charge < -0.3 is 10.1 Å². The predicted octanol–water partition coefficient (Wildman–Crippen LogP) is 2.40. The minimum atomic E-state index is -3.49. The van der Waals surface area contributed by atoms with Crippen molar-refractivity contribution in [1.29, 1.82) is 0 Å². The number of pyridine rings is 1. The van der Waals surface area contributed by atoms with E-state index in [9.17, 15) is 13.2 Å². The Morgan fingerprint density at radius 3 is 2.50 bits per heavy atom. The molecule has 0 unspecified atom stereocenters. The third kappa shape index (κ3) is 5.32. The van der Waals surface area contributed by atoms with Crippen LogP contribution in [0.3, 0.4) is 0 Å². The van der Waals surface area contributed by atoms with Crippen molar-refractivity contribution in [3.8, 4) is 0 Å². The van der Waals surface area contributed by atoms with Gasteiger partial charge in [0, 0.05) is 19.5 Å². The quantitative estimate of drug-likeness (QED) is 0.691. The summed E-state index contributed by atoms with van der Waals surface area (Å²) in [7, 11) is -3.49. The van der Waals surface area contributed by atoms with E-state index in [0.717, 1.165) is 10.6 Å². The van der Waals surface area contributed by atoms with Crippen LogP contribution in [0.25, 0.3) is 0 Å². The summed E-state index contributed by atoms with van der Waals surface area (Å²) < 4.78 is 31.9. The lowest BCUT2D eigenvalue weighted by Crippen LogP contribution is -2.40. The van der Waals surface area contributed by atoms with E-state index in [-0.39, 0.29) is 10.8 Å². The molecule has 0 spiro atoms. The molecule has 1 amide bonds. The second kappa shape index (κ2) is 9.51. The Hall–Kier alpha value is -1.94. The van der Waals surface area contributed by atoms with E-state index in [0.29, 0.717) is 44.8 Å². The number of rotatable bonds is 7. The van der Waals surface area contributed by atoms with Crippen molar-refractivity contribution in [1.82, 2.24) is 9.29 Å². The normalized spacial score (nSPS) is 15.3. The number of amides is 1. The van der Waals surface area contributed by atoms with E-state index in [1.54, 1.807) is 30.5 Å². The smallest absolute Gasteiger partial charge is 0.243 e. The van der Waals surface area contributed by atoms with Crippen molar-refractivity contribution < 1.29 is 17.9 Å². The number of benzene rings is 1. The number of anilines is 1. The van der Waals surface area contributed by atoms with Crippen LogP contribution in [0.15, 0.2) is 52.5 Å². The first-order valence-corrected chi connectivity index (χ1v) is 11.6. The van der Waals surface area contributed by atoms with Gasteiger partial charge in [-0.05, 0) is 42.5 Å². The molecule has 1 fully saturated rings. The summed E-state index contributed by atoms with van der Waals surface area (Å²) in [6, 6.07) is 10.4. The van der Waals surface area contributed by atoms with E-state index < -0.39 is 10.0 Å². The molecule has 0 saturated carbocycles. The summed E-state index contributed by atoms with van der Waals surface area (Å²) in [5.74, 6) is -0.108. The number of ether oxygens (including phenoxy) is 1. The molecule has 3 rings (SSSR count). The number of sulfonamides is 1. The highest BCUT2D eigenvalue weighted by molar-refractivity contribution is 7.98. The van der Waals surface area contributed by atoms with Crippen LogP contribution in [0.4, 0.5) is 5.69 Å². The molecule has 2 aromatic rings. The Labute approximate surface area is 169 Å². The fourth-order valence-corrected chi connectivity index (χ4v) is 4.59. The van der Waals surface area contributed by atoms with Crippen molar-refractivity contribution in [2.75, 3.05) is 37.9 Å². The summed E-state index contributed by atoms with van der Waals surface area (Å²) in [6.45, 7) is 1.58. The number of thioether (sulfide) groups is 1. The Balaban J connectivity index is 1.54. The first-order valence-electron chi connectivity index (χ1n) is 8.96. The zero-order valence-corrected chi connectivity index (χ0v) is 17.3. The lowest BCUT2D eigenvalue weighted by Gasteiger charge is -2.26. The average molecular weight is 422 g/mol. The number of nitrogens with zero attached hydrogens (tertiary/aromatic N) is 2. The Morgan fingerprint density at radius 2 is 1.89 bits per heavy atom. The largest absolute Gasteiger partial charge is 0.379 e. The number of carbonyl (C=O) groups is 1. The first kappa shape index (κ1) is 20.8. The molecule has 0 aliphatic carbocycles. The Bertz CT molecular complexity index is 894. The number of hydrogen-bond acceptors (Lipinski definition) is 6. The molecule has 0 radical (unpaired) electrons. The highest BCUT2D eigenvalue weighted by atomic mass is 32.2. The SMILES string of the molecule is CSc1ccc(NC(=O)CCc2ccc(S(=O)(=O)N3CCOCC3)cc2)cn1. The van der Waals surface area contributed by atoms with Crippen LogP contribution in [0.5, 0.6) is 0 Å². The molecule has 0 bridgehead atoms. The fraction of sp³-hybridized carbons (Fsp3) is 0.368. The van der Waals surface area contributed by atoms with E-state index in [2.05, 4.69) is 10.3 Å². The fourth-order valence-electron chi connectivity index (χ4n) is 2.82. The maximum Gasteiger partial charge on any atom is 0.243 e. The van der Waals surface area contributed by atoms with Crippen LogP contribution in [-0.4, -0.2) is 56.2 Å². The molecule has 9 heteroatoms. The summed E-state index contributed by atoms with van der Waals surface area (Å²) in [5, 5.41) is 3.71. The number of aryl methyl sites for hydroxylation is 1. The van der Waals surface area contributed by atoms with Gasteiger partial charge in [-0.25, -0.2) is 13.4 Å². The first-order chi connectivity index (χ1) is 13.5. The van der Waals surface area contributed by atoms with Gasteiger partial charge in [-0.15, -0.1) is 11.8 Å². The van der Waals surface area contributed by atoms with Crippen molar-refractivity contribution in [3.05, 3.63) is 48.2 Å². The maximum atomic E-state index is 12.6. The van der Waals surface area contributed by atoms with Crippen molar-refractivity contribution in [2.24, 2.45) is 0 Å². The van der Waals surface area contributed by atoms with Gasteiger partial charge in [-0.2, -0.15) is 4.31 Å². The number of nitrogens with one attached hydrogen (secondary N) is 1. The molecule has 2 heterocycles. The Morgan fingerprint density at radius 1 is 1.18 bits per heavy atom. The number of aromatic nitrogens is 1. The predicted molar refractivity (Wildman–Crippen MR) is 109 cm³/mol. The van der Waals surface area contributed by atoms with Gasteiger partial charge in [-0.3, -0.25) is 4.79 Å². The zero-order chi connectivity index (χ0) is 20.0. The molecule has 7 nitrogen and oxygen atoms in total. The lowest BCUT2D eigenvalue weighted by atomic mass is 10.1. The summed E-state index contributed by atoms with van der Waals surface area (Å²) in [5.41, 5.74) is 1.57. The van der Waals surface area contributed by atoms with Crippen LogP contribution in [-0.2, 0) is 26.0 Å². The second-order valence-electron chi connectivity index (χ2n) is 6.30. The minimum absolute atomic E-state index is 0.108. The number of carbonyl (C=O) groups excluding carboxylic acids is 1. The molecule has 1 saturated heterocycles. The van der Waals surface area contributed by atoms with Crippen LogP contribution in [0.2, 0.25) is 0 Å². The molecule has 1 aromatic carbocycles. The van der Waals surface area contributed by atoms with Crippen molar-refractivity contribution >= 4 is 33.4 Å². The van der Waals surface area contributed by atoms with Crippen LogP contribution >= 0.6 is 11.8 Å². The standard InChI is InChI=1S/C19H23N3O4S2/c1-27-19-9-5-16(14-20-19)21-18(23)8-4-15-2-6-17(7-3-15)28(24,25)22-10-12-26-13-11-22/h2-3,5-7,9,14H,4,8,10-13H2,1H3,(H,21,23). The monoisotopic (exact) mass is 421 g/mol. The maximum absolute atomic E-state index is 12.6. The molecule has 28 heavy (non-hydrogen) atoms. The second-order valence-corrected chi connectivity index (χ2v) is 9.06. The number of morpholine rings is 1. The lowest BCUT2D eigenvalue weighted by molar-refractivity contribution is -0.116. The van der Waals surface area contributed by atoms with Gasteiger partial charge in [-0.1, -0.05) is 12.1 Å². The van der Waals surface area contributed by atoms with Gasteiger partial charge in [0.15, 0.2) is 0 Å². The third-order valence-electron chi connectivity index (χ3n) is 4.40. The summed E-state index contributed by atoms with van der Waals surface area (Å²) >= 11 is 1.54. The molecule has 1 aromatic heterocycles. The van der Waals surface area contributed by atoms with Crippen molar-refractivity contribution in [2.45, 2.75) is 22.8 Å². The molecular formula is C19H23N3O4S2. The Kier molecular flexibility index (Phi) is 7.06. The molecule has 150 valence electrons. The van der Waals surface area contributed by atoms with Gasteiger partial charge in [0.05, 0.1) is 35.0 Å². The molecule has 1 aliphatic heterocycles. The molecule has 1 aliphatic rings. The molecular weight excluding hydrogens is 398 g/mol. The van der Waals surface area contributed by atoms with Gasteiger partial charge in [0.2, 0.25) is 15.9 Å².